The van der Waals surface area contributed by atoms with Gasteiger partial charge < -0.3 is 11.1 Å². The van der Waals surface area contributed by atoms with E-state index in [0.29, 0.717) is 6.54 Å². The van der Waals surface area contributed by atoms with E-state index in [-0.39, 0.29) is 28.7 Å². The number of nitrogens with one attached hydrogen (secondary N) is 1. The normalized spacial score (nSPS) is 24.9. The molecule has 2 unspecified atom stereocenters. The smallest absolute Gasteiger partial charge is 0.223 e. The second-order valence-electron chi connectivity index (χ2n) is 7.70. The molecule has 1 aliphatic rings. The van der Waals surface area contributed by atoms with E-state index < -0.39 is 0 Å². The Labute approximate surface area is 112 Å². The van der Waals surface area contributed by atoms with Gasteiger partial charge in [-0.3, -0.25) is 4.79 Å². The van der Waals surface area contributed by atoms with Crippen molar-refractivity contribution in [3.8, 4) is 0 Å². The molecule has 2 atom stereocenters. The highest BCUT2D eigenvalue weighted by Gasteiger charge is 2.39. The number of hydrogen-bond acceptors (Lipinski definition) is 2. The van der Waals surface area contributed by atoms with Crippen LogP contribution in [0, 0.1) is 16.7 Å². The topological polar surface area (TPSA) is 55.1 Å². The Morgan fingerprint density at radius 1 is 1.44 bits per heavy atom. The first kappa shape index (κ1) is 15.5. The number of rotatable bonds is 4. The van der Waals surface area contributed by atoms with Crippen molar-refractivity contribution in [3.05, 3.63) is 0 Å². The first-order chi connectivity index (χ1) is 8.12. The Bertz CT molecular complexity index is 291. The van der Waals surface area contributed by atoms with Crippen LogP contribution < -0.4 is 11.1 Å². The molecule has 0 radical (unpaired) electrons. The summed E-state index contributed by atoms with van der Waals surface area (Å²) in [5.41, 5.74) is 6.43. The van der Waals surface area contributed by atoms with E-state index in [4.69, 9.17) is 5.73 Å². The molecule has 1 saturated carbocycles. The Hall–Kier alpha value is -0.570. The molecule has 3 nitrogen and oxygen atoms in total. The summed E-state index contributed by atoms with van der Waals surface area (Å²) >= 11 is 0. The van der Waals surface area contributed by atoms with Crippen molar-refractivity contribution in [2.45, 2.75) is 66.3 Å². The number of carbonyl (C=O) groups excluding carboxylic acids is 1. The van der Waals surface area contributed by atoms with E-state index >= 15 is 0 Å². The lowest BCUT2D eigenvalue weighted by Crippen LogP contribution is -2.43. The summed E-state index contributed by atoms with van der Waals surface area (Å²) in [6, 6.07) is 0.0541. The molecular formula is C15H30N2O. The van der Waals surface area contributed by atoms with Gasteiger partial charge in [-0.05, 0) is 30.1 Å². The van der Waals surface area contributed by atoms with Gasteiger partial charge in [0.25, 0.3) is 0 Å². The first-order valence-corrected chi connectivity index (χ1v) is 7.15. The van der Waals surface area contributed by atoms with Crippen molar-refractivity contribution in [1.82, 2.24) is 5.32 Å². The number of carbonyl (C=O) groups is 1. The average molecular weight is 254 g/mol. The Balaban J connectivity index is 2.38. The lowest BCUT2D eigenvalue weighted by Gasteiger charge is -2.27. The molecule has 1 rings (SSSR count). The number of amides is 1. The van der Waals surface area contributed by atoms with Crippen LogP contribution in [0.25, 0.3) is 0 Å². The average Bonchev–Trinajstić information content (AvgIpc) is 2.52. The second-order valence-corrected chi connectivity index (χ2v) is 7.70. The van der Waals surface area contributed by atoms with Crippen LogP contribution in [0.4, 0.5) is 0 Å². The zero-order chi connectivity index (χ0) is 14.0. The largest absolute Gasteiger partial charge is 0.354 e. The second kappa shape index (κ2) is 5.60. The molecule has 1 fully saturated rings. The van der Waals surface area contributed by atoms with Crippen LogP contribution in [0.3, 0.4) is 0 Å². The monoisotopic (exact) mass is 254 g/mol. The fourth-order valence-electron chi connectivity index (χ4n) is 3.03. The minimum absolute atomic E-state index is 0.0541. The number of nitrogens with two attached hydrogens (primary N) is 1. The van der Waals surface area contributed by atoms with Crippen molar-refractivity contribution in [2.24, 2.45) is 22.5 Å². The summed E-state index contributed by atoms with van der Waals surface area (Å²) in [5.74, 6) is 0.362. The van der Waals surface area contributed by atoms with E-state index in [0.717, 1.165) is 19.3 Å². The Kier molecular flexibility index (Phi) is 4.82. The van der Waals surface area contributed by atoms with Gasteiger partial charge in [-0.15, -0.1) is 0 Å². The van der Waals surface area contributed by atoms with Crippen LogP contribution >= 0.6 is 0 Å². The van der Waals surface area contributed by atoms with Crippen LogP contribution in [0.15, 0.2) is 0 Å². The molecule has 1 aliphatic carbocycles. The number of hydrogen-bond donors (Lipinski definition) is 2. The van der Waals surface area contributed by atoms with Crippen molar-refractivity contribution >= 4 is 5.91 Å². The summed E-state index contributed by atoms with van der Waals surface area (Å²) in [6.07, 6.45) is 4.27. The molecule has 3 N–H and O–H groups in total. The van der Waals surface area contributed by atoms with Crippen LogP contribution in [0.2, 0.25) is 0 Å². The molecule has 0 aromatic heterocycles. The first-order valence-electron chi connectivity index (χ1n) is 7.15. The molecular weight excluding hydrogens is 224 g/mol. The zero-order valence-corrected chi connectivity index (χ0v) is 12.7. The van der Waals surface area contributed by atoms with E-state index in [2.05, 4.69) is 39.9 Å². The lowest BCUT2D eigenvalue weighted by atomic mass is 9.81. The molecule has 0 bridgehead atoms. The van der Waals surface area contributed by atoms with Gasteiger partial charge in [-0.25, -0.2) is 0 Å². The summed E-state index contributed by atoms with van der Waals surface area (Å²) in [6.45, 7) is 11.5. The third-order valence-corrected chi connectivity index (χ3v) is 3.99. The Morgan fingerprint density at radius 3 is 2.50 bits per heavy atom. The van der Waals surface area contributed by atoms with Gasteiger partial charge in [0.05, 0.1) is 0 Å². The summed E-state index contributed by atoms with van der Waals surface area (Å²) in [5, 5.41) is 3.04. The summed E-state index contributed by atoms with van der Waals surface area (Å²) in [7, 11) is 0. The highest BCUT2D eigenvalue weighted by atomic mass is 16.1. The lowest BCUT2D eigenvalue weighted by molar-refractivity contribution is -0.127. The van der Waals surface area contributed by atoms with Gasteiger partial charge in [0.2, 0.25) is 5.91 Å². The molecule has 0 heterocycles. The van der Waals surface area contributed by atoms with Crippen molar-refractivity contribution in [3.63, 3.8) is 0 Å². The standard InChI is InChI=1S/C15H30N2O/c1-14(2,3)9-11(16)10-17-13(18)12-7-6-8-15(12,4)5/h11-12H,6-10,16H2,1-5H3,(H,17,18). The van der Waals surface area contributed by atoms with Crippen molar-refractivity contribution in [1.29, 1.82) is 0 Å². The molecule has 0 aromatic carbocycles. The van der Waals surface area contributed by atoms with Crippen molar-refractivity contribution in [2.75, 3.05) is 6.54 Å². The van der Waals surface area contributed by atoms with E-state index in [1.54, 1.807) is 0 Å². The molecule has 1 amide bonds. The maximum Gasteiger partial charge on any atom is 0.223 e. The molecule has 0 saturated heterocycles. The molecule has 3 heteroatoms. The van der Waals surface area contributed by atoms with Crippen LogP contribution in [0.1, 0.15) is 60.3 Å². The highest BCUT2D eigenvalue weighted by Crippen LogP contribution is 2.42. The summed E-state index contributed by atoms with van der Waals surface area (Å²) in [4.78, 5) is 12.2. The fraction of sp³-hybridized carbons (Fsp3) is 0.933. The molecule has 106 valence electrons. The fourth-order valence-corrected chi connectivity index (χ4v) is 3.03. The maximum absolute atomic E-state index is 12.2. The van der Waals surface area contributed by atoms with Gasteiger partial charge in [-0.2, -0.15) is 0 Å². The molecule has 0 spiro atoms. The molecule has 18 heavy (non-hydrogen) atoms. The molecule has 0 aliphatic heterocycles. The van der Waals surface area contributed by atoms with Crippen molar-refractivity contribution < 1.29 is 4.79 Å². The Morgan fingerprint density at radius 2 is 2.06 bits per heavy atom. The molecule has 0 aromatic rings. The third-order valence-electron chi connectivity index (χ3n) is 3.99. The van der Waals surface area contributed by atoms with E-state index in [1.165, 1.54) is 6.42 Å². The van der Waals surface area contributed by atoms with Gasteiger partial charge in [0, 0.05) is 18.5 Å². The predicted octanol–water partition coefficient (Wildman–Crippen LogP) is 2.69. The van der Waals surface area contributed by atoms with Gasteiger partial charge in [-0.1, -0.05) is 41.0 Å². The van der Waals surface area contributed by atoms with E-state index in [9.17, 15) is 4.79 Å². The van der Waals surface area contributed by atoms with Gasteiger partial charge in [0.1, 0.15) is 0 Å². The highest BCUT2D eigenvalue weighted by molar-refractivity contribution is 5.79. The van der Waals surface area contributed by atoms with Crippen LogP contribution in [-0.4, -0.2) is 18.5 Å². The quantitative estimate of drug-likeness (QED) is 0.810. The van der Waals surface area contributed by atoms with Gasteiger partial charge in [0.15, 0.2) is 0 Å². The van der Waals surface area contributed by atoms with Crippen LogP contribution in [-0.2, 0) is 4.79 Å². The zero-order valence-electron chi connectivity index (χ0n) is 12.7. The SMILES string of the molecule is CC(C)(C)CC(N)CNC(=O)C1CCCC1(C)C. The predicted molar refractivity (Wildman–Crippen MR) is 76.2 cm³/mol. The minimum Gasteiger partial charge on any atom is -0.354 e. The third kappa shape index (κ3) is 4.60. The summed E-state index contributed by atoms with van der Waals surface area (Å²) < 4.78 is 0. The maximum atomic E-state index is 12.2. The minimum atomic E-state index is 0.0541. The van der Waals surface area contributed by atoms with Gasteiger partial charge >= 0.3 is 0 Å². The van der Waals surface area contributed by atoms with Crippen LogP contribution in [0.5, 0.6) is 0 Å². The van der Waals surface area contributed by atoms with E-state index in [1.807, 2.05) is 0 Å².